The van der Waals surface area contributed by atoms with Crippen molar-refractivity contribution < 1.29 is 13.2 Å². The summed E-state index contributed by atoms with van der Waals surface area (Å²) in [6, 6.07) is 11.6. The molecule has 2 aliphatic heterocycles. The fourth-order valence-electron chi connectivity index (χ4n) is 4.30. The van der Waals surface area contributed by atoms with Gasteiger partial charge in [-0.15, -0.1) is 11.3 Å². The minimum absolute atomic E-state index is 0.0583. The Labute approximate surface area is 182 Å². The van der Waals surface area contributed by atoms with Crippen LogP contribution in [-0.2, 0) is 27.9 Å². The lowest BCUT2D eigenvalue weighted by molar-refractivity contribution is -0.126. The van der Waals surface area contributed by atoms with Crippen LogP contribution in [0.5, 0.6) is 0 Å². The molecule has 2 fully saturated rings. The second-order valence-corrected chi connectivity index (χ2v) is 11.2. The van der Waals surface area contributed by atoms with Gasteiger partial charge in [-0.05, 0) is 61.3 Å². The molecule has 0 radical (unpaired) electrons. The predicted octanol–water partition coefficient (Wildman–Crippen LogP) is 3.06. The van der Waals surface area contributed by atoms with Gasteiger partial charge in [0.15, 0.2) is 0 Å². The number of nitrogens with one attached hydrogen (secondary N) is 1. The van der Waals surface area contributed by atoms with Crippen LogP contribution in [0, 0.1) is 5.92 Å². The number of hydrogen-bond acceptors (Lipinski definition) is 5. The van der Waals surface area contributed by atoms with Crippen molar-refractivity contribution in [2.24, 2.45) is 5.92 Å². The maximum atomic E-state index is 12.8. The molecule has 0 spiro atoms. The van der Waals surface area contributed by atoms with E-state index in [0.29, 0.717) is 23.7 Å². The van der Waals surface area contributed by atoms with E-state index in [1.807, 2.05) is 12.1 Å². The molecular formula is C22H29N3O3S2. The molecule has 2 aliphatic rings. The third kappa shape index (κ3) is 4.94. The molecule has 162 valence electrons. The first-order valence-corrected chi connectivity index (χ1v) is 13.0. The Morgan fingerprint density at radius 3 is 2.53 bits per heavy atom. The number of carbonyl (C=O) groups excluding carboxylic acids is 1. The molecular weight excluding hydrogens is 418 g/mol. The van der Waals surface area contributed by atoms with Crippen LogP contribution >= 0.6 is 11.3 Å². The zero-order chi connectivity index (χ0) is 21.0. The van der Waals surface area contributed by atoms with Gasteiger partial charge in [0, 0.05) is 26.2 Å². The molecule has 0 saturated carbocycles. The van der Waals surface area contributed by atoms with E-state index in [4.69, 9.17) is 0 Å². The third-order valence-corrected chi connectivity index (χ3v) is 9.25. The van der Waals surface area contributed by atoms with E-state index in [9.17, 15) is 13.2 Å². The van der Waals surface area contributed by atoms with Crippen molar-refractivity contribution >= 4 is 27.3 Å². The summed E-state index contributed by atoms with van der Waals surface area (Å²) in [4.78, 5) is 15.3. The van der Waals surface area contributed by atoms with Gasteiger partial charge in [-0.1, -0.05) is 30.3 Å². The minimum atomic E-state index is -3.51. The van der Waals surface area contributed by atoms with Crippen molar-refractivity contribution in [1.82, 2.24) is 14.5 Å². The van der Waals surface area contributed by atoms with Crippen LogP contribution in [0.1, 0.15) is 36.8 Å². The van der Waals surface area contributed by atoms with E-state index in [1.165, 1.54) is 34.0 Å². The van der Waals surface area contributed by atoms with Crippen molar-refractivity contribution in [3.05, 3.63) is 52.9 Å². The average molecular weight is 448 g/mol. The maximum absolute atomic E-state index is 12.8. The molecule has 2 aromatic rings. The zero-order valence-electron chi connectivity index (χ0n) is 17.1. The summed E-state index contributed by atoms with van der Waals surface area (Å²) in [6.07, 6.45) is 3.93. The number of piperidine rings is 1. The van der Waals surface area contributed by atoms with E-state index in [0.717, 1.165) is 31.6 Å². The number of benzene rings is 1. The highest BCUT2D eigenvalue weighted by Gasteiger charge is 2.33. The van der Waals surface area contributed by atoms with Crippen molar-refractivity contribution in [3.8, 4) is 0 Å². The highest BCUT2D eigenvalue weighted by Crippen LogP contribution is 2.26. The number of thiophene rings is 1. The van der Waals surface area contributed by atoms with Crippen LogP contribution in [0.2, 0.25) is 0 Å². The second-order valence-electron chi connectivity index (χ2n) is 8.10. The number of amides is 1. The van der Waals surface area contributed by atoms with Crippen LogP contribution in [0.3, 0.4) is 0 Å². The molecule has 4 rings (SSSR count). The summed E-state index contributed by atoms with van der Waals surface area (Å²) in [5.74, 6) is -0.365. The van der Waals surface area contributed by atoms with Crippen molar-refractivity contribution in [3.63, 3.8) is 0 Å². The smallest absolute Gasteiger partial charge is 0.252 e. The number of nitrogens with zero attached hydrogens (tertiary/aromatic N) is 2. The summed E-state index contributed by atoms with van der Waals surface area (Å²) in [7, 11) is -3.51. The molecule has 0 unspecified atom stereocenters. The number of carbonyl (C=O) groups is 1. The Balaban J connectivity index is 1.36. The molecule has 1 atom stereocenters. The second kappa shape index (κ2) is 9.60. The van der Waals surface area contributed by atoms with Crippen molar-refractivity contribution in [2.45, 2.75) is 43.0 Å². The molecule has 0 bridgehead atoms. The van der Waals surface area contributed by atoms with E-state index < -0.39 is 10.0 Å². The molecule has 0 aliphatic carbocycles. The summed E-state index contributed by atoms with van der Waals surface area (Å²) in [6.45, 7) is 4.40. The highest BCUT2D eigenvalue weighted by atomic mass is 32.2. The number of hydrogen-bond donors (Lipinski definition) is 1. The van der Waals surface area contributed by atoms with Gasteiger partial charge in [-0.2, -0.15) is 4.31 Å². The van der Waals surface area contributed by atoms with Crippen LogP contribution in [0.15, 0.2) is 46.0 Å². The van der Waals surface area contributed by atoms with Gasteiger partial charge in [0.25, 0.3) is 10.0 Å². The fraction of sp³-hybridized carbons (Fsp3) is 0.500. The molecule has 1 aromatic carbocycles. The Morgan fingerprint density at radius 1 is 1.03 bits per heavy atom. The predicted molar refractivity (Wildman–Crippen MR) is 119 cm³/mol. The molecule has 1 aromatic heterocycles. The number of likely N-dealkylation sites (tertiary alicyclic amines) is 1. The van der Waals surface area contributed by atoms with Gasteiger partial charge in [0.1, 0.15) is 4.21 Å². The van der Waals surface area contributed by atoms with Gasteiger partial charge in [0.2, 0.25) is 5.91 Å². The Morgan fingerprint density at radius 2 is 1.80 bits per heavy atom. The van der Waals surface area contributed by atoms with Gasteiger partial charge >= 0.3 is 0 Å². The summed E-state index contributed by atoms with van der Waals surface area (Å²) >= 11 is 1.22. The van der Waals surface area contributed by atoms with Crippen LogP contribution in [0.25, 0.3) is 0 Å². The van der Waals surface area contributed by atoms with Gasteiger partial charge in [-0.25, -0.2) is 8.42 Å². The van der Waals surface area contributed by atoms with Crippen LogP contribution in [0.4, 0.5) is 0 Å². The molecule has 1 amide bonds. The number of rotatable bonds is 7. The van der Waals surface area contributed by atoms with Crippen molar-refractivity contribution in [2.75, 3.05) is 26.2 Å². The lowest BCUT2D eigenvalue weighted by atomic mass is 9.98. The summed E-state index contributed by atoms with van der Waals surface area (Å²) < 4.78 is 27.4. The standard InChI is InChI=1S/C22H29N3O3S2/c26-22(20-9-5-13-25(17-20)30(27,28)21-10-6-14-29-21)23-15-18-7-1-2-8-19(18)16-24-11-3-4-12-24/h1-2,6-8,10,14,20H,3-5,9,11-13,15-17H2,(H,23,26)/t20-/m0/s1. The lowest BCUT2D eigenvalue weighted by Crippen LogP contribution is -2.45. The monoisotopic (exact) mass is 447 g/mol. The Bertz CT molecular complexity index is 954. The summed E-state index contributed by atoms with van der Waals surface area (Å²) in [5.41, 5.74) is 2.39. The molecule has 1 N–H and O–H groups in total. The van der Waals surface area contributed by atoms with Crippen LogP contribution < -0.4 is 5.32 Å². The largest absolute Gasteiger partial charge is 0.352 e. The molecule has 6 nitrogen and oxygen atoms in total. The first-order chi connectivity index (χ1) is 14.5. The van der Waals surface area contributed by atoms with E-state index in [1.54, 1.807) is 17.5 Å². The van der Waals surface area contributed by atoms with Gasteiger partial charge in [0.05, 0.1) is 5.92 Å². The maximum Gasteiger partial charge on any atom is 0.252 e. The quantitative estimate of drug-likeness (QED) is 0.708. The van der Waals surface area contributed by atoms with E-state index >= 15 is 0 Å². The van der Waals surface area contributed by atoms with E-state index in [-0.39, 0.29) is 18.4 Å². The average Bonchev–Trinajstić information content (AvgIpc) is 3.48. The Hall–Kier alpha value is -1.74. The number of sulfonamides is 1. The SMILES string of the molecule is O=C(NCc1ccccc1CN1CCCC1)[C@H]1CCCN(S(=O)(=O)c2cccs2)C1. The highest BCUT2D eigenvalue weighted by molar-refractivity contribution is 7.91. The van der Waals surface area contributed by atoms with Gasteiger partial charge in [-0.3, -0.25) is 9.69 Å². The molecule has 8 heteroatoms. The first kappa shape index (κ1) is 21.5. The third-order valence-electron chi connectivity index (χ3n) is 6.01. The first-order valence-electron chi connectivity index (χ1n) is 10.6. The molecule has 3 heterocycles. The molecule has 2 saturated heterocycles. The lowest BCUT2D eigenvalue weighted by Gasteiger charge is -2.30. The zero-order valence-corrected chi connectivity index (χ0v) is 18.8. The van der Waals surface area contributed by atoms with Crippen molar-refractivity contribution in [1.29, 1.82) is 0 Å². The Kier molecular flexibility index (Phi) is 6.87. The fourth-order valence-corrected chi connectivity index (χ4v) is 6.97. The summed E-state index contributed by atoms with van der Waals surface area (Å²) in [5, 5.41) is 4.83. The normalized spacial score (nSPS) is 21.0. The van der Waals surface area contributed by atoms with E-state index in [2.05, 4.69) is 22.3 Å². The van der Waals surface area contributed by atoms with Crippen LogP contribution in [-0.4, -0.2) is 49.7 Å². The van der Waals surface area contributed by atoms with Gasteiger partial charge < -0.3 is 5.32 Å². The topological polar surface area (TPSA) is 69.7 Å². The molecule has 30 heavy (non-hydrogen) atoms. The minimum Gasteiger partial charge on any atom is -0.352 e.